The molecule has 0 aliphatic heterocycles. The molecule has 1 aliphatic carbocycles. The number of hydrogen-bond acceptors (Lipinski definition) is 4. The van der Waals surface area contributed by atoms with Crippen LogP contribution < -0.4 is 10.6 Å². The van der Waals surface area contributed by atoms with Gasteiger partial charge >= 0.3 is 6.09 Å². The monoisotopic (exact) mass is 395 g/mol. The smallest absolute Gasteiger partial charge is 0.407 e. The van der Waals surface area contributed by atoms with Gasteiger partial charge in [-0.2, -0.15) is 0 Å². The van der Waals surface area contributed by atoms with Gasteiger partial charge in [-0.05, 0) is 93.8 Å². The van der Waals surface area contributed by atoms with E-state index in [0.717, 1.165) is 32.2 Å². The lowest BCUT2D eigenvalue weighted by molar-refractivity contribution is 0.0489. The molecule has 1 fully saturated rings. The van der Waals surface area contributed by atoms with Crippen molar-refractivity contribution in [1.82, 2.24) is 15.6 Å². The average Bonchev–Trinajstić information content (AvgIpc) is 2.68. The van der Waals surface area contributed by atoms with Crippen LogP contribution in [0.1, 0.15) is 57.6 Å². The maximum Gasteiger partial charge on any atom is 0.407 e. The Kier molecular flexibility index (Phi) is 6.91. The molecule has 1 aromatic heterocycles. The molecular weight excluding hydrogens is 362 g/mol. The highest BCUT2D eigenvalue weighted by molar-refractivity contribution is 5.68. The minimum atomic E-state index is -0.453. The Bertz CT molecular complexity index is 807. The molecule has 29 heavy (non-hydrogen) atoms. The molecule has 5 heteroatoms. The fourth-order valence-corrected chi connectivity index (χ4v) is 3.76. The van der Waals surface area contributed by atoms with Gasteiger partial charge in [0.25, 0.3) is 0 Å². The van der Waals surface area contributed by atoms with Crippen LogP contribution in [-0.2, 0) is 11.3 Å². The molecule has 1 heterocycles. The predicted molar refractivity (Wildman–Crippen MR) is 117 cm³/mol. The molecule has 1 amide bonds. The maximum absolute atomic E-state index is 12.0. The van der Waals surface area contributed by atoms with Gasteiger partial charge < -0.3 is 15.4 Å². The number of aryl methyl sites for hydroxylation is 1. The van der Waals surface area contributed by atoms with E-state index >= 15 is 0 Å². The van der Waals surface area contributed by atoms with Gasteiger partial charge in [-0.1, -0.05) is 12.1 Å². The van der Waals surface area contributed by atoms with Gasteiger partial charge in [0, 0.05) is 31.0 Å². The Balaban J connectivity index is 1.49. The fraction of sp³-hybridized carbons (Fsp3) is 0.500. The van der Waals surface area contributed by atoms with E-state index in [1.54, 1.807) is 0 Å². The summed E-state index contributed by atoms with van der Waals surface area (Å²) in [6.45, 7) is 8.69. The highest BCUT2D eigenvalue weighted by atomic mass is 16.6. The van der Waals surface area contributed by atoms with Gasteiger partial charge in [0.15, 0.2) is 0 Å². The largest absolute Gasteiger partial charge is 0.444 e. The molecule has 1 saturated carbocycles. The van der Waals surface area contributed by atoms with Crippen molar-refractivity contribution < 1.29 is 9.53 Å². The molecule has 0 unspecified atom stereocenters. The van der Waals surface area contributed by atoms with Crippen LogP contribution in [0.2, 0.25) is 0 Å². The topological polar surface area (TPSA) is 63.2 Å². The zero-order chi connectivity index (χ0) is 20.9. The number of nitrogens with one attached hydrogen (secondary N) is 2. The van der Waals surface area contributed by atoms with Crippen molar-refractivity contribution in [3.63, 3.8) is 0 Å². The van der Waals surface area contributed by atoms with Crippen molar-refractivity contribution >= 4 is 6.09 Å². The SMILES string of the molecule is Cc1ccc(-c2ccncc2)cc1CN[C@H]1CC[C@H](NC(=O)OC(C)(C)C)CC1. The van der Waals surface area contributed by atoms with Gasteiger partial charge in [0.1, 0.15) is 5.60 Å². The van der Waals surface area contributed by atoms with Crippen LogP contribution in [0, 0.1) is 6.92 Å². The van der Waals surface area contributed by atoms with Gasteiger partial charge in [0.2, 0.25) is 0 Å². The van der Waals surface area contributed by atoms with Crippen molar-refractivity contribution in [2.75, 3.05) is 0 Å². The van der Waals surface area contributed by atoms with E-state index in [-0.39, 0.29) is 12.1 Å². The van der Waals surface area contributed by atoms with E-state index in [1.807, 2.05) is 45.3 Å². The lowest BCUT2D eigenvalue weighted by Crippen LogP contribution is -2.43. The number of carbonyl (C=O) groups is 1. The second-order valence-corrected chi connectivity index (χ2v) is 8.95. The Hall–Kier alpha value is -2.40. The minimum absolute atomic E-state index is 0.208. The molecule has 5 nitrogen and oxygen atoms in total. The number of carbonyl (C=O) groups excluding carboxylic acids is 1. The van der Waals surface area contributed by atoms with Crippen molar-refractivity contribution in [2.45, 2.75) is 77.6 Å². The van der Waals surface area contributed by atoms with Crippen molar-refractivity contribution in [3.8, 4) is 11.1 Å². The summed E-state index contributed by atoms with van der Waals surface area (Å²) in [6, 6.07) is 11.4. The van der Waals surface area contributed by atoms with Gasteiger partial charge in [-0.25, -0.2) is 4.79 Å². The highest BCUT2D eigenvalue weighted by Crippen LogP contribution is 2.23. The van der Waals surface area contributed by atoms with E-state index in [9.17, 15) is 4.79 Å². The van der Waals surface area contributed by atoms with Gasteiger partial charge in [0.05, 0.1) is 0 Å². The van der Waals surface area contributed by atoms with Crippen LogP contribution in [0.3, 0.4) is 0 Å². The molecule has 0 spiro atoms. The first-order valence-electron chi connectivity index (χ1n) is 10.5. The Morgan fingerprint density at radius 2 is 1.69 bits per heavy atom. The average molecular weight is 396 g/mol. The van der Waals surface area contributed by atoms with Crippen LogP contribution in [0.4, 0.5) is 4.79 Å². The van der Waals surface area contributed by atoms with E-state index in [4.69, 9.17) is 4.74 Å². The van der Waals surface area contributed by atoms with E-state index < -0.39 is 5.60 Å². The zero-order valence-corrected chi connectivity index (χ0v) is 18.0. The molecule has 156 valence electrons. The summed E-state index contributed by atoms with van der Waals surface area (Å²) >= 11 is 0. The van der Waals surface area contributed by atoms with Gasteiger partial charge in [-0.3, -0.25) is 4.98 Å². The molecule has 1 aromatic carbocycles. The third-order valence-corrected chi connectivity index (χ3v) is 5.39. The van der Waals surface area contributed by atoms with Crippen LogP contribution in [0.15, 0.2) is 42.7 Å². The molecule has 3 rings (SSSR count). The second-order valence-electron chi connectivity index (χ2n) is 8.95. The van der Waals surface area contributed by atoms with Crippen LogP contribution in [-0.4, -0.2) is 28.8 Å². The quantitative estimate of drug-likeness (QED) is 0.749. The number of hydrogen-bond donors (Lipinski definition) is 2. The third kappa shape index (κ3) is 6.57. The Morgan fingerprint density at radius 3 is 2.34 bits per heavy atom. The summed E-state index contributed by atoms with van der Waals surface area (Å²) in [5, 5.41) is 6.72. The number of benzene rings is 1. The number of amides is 1. The summed E-state index contributed by atoms with van der Waals surface area (Å²) in [5.74, 6) is 0. The van der Waals surface area contributed by atoms with Crippen LogP contribution in [0.25, 0.3) is 11.1 Å². The molecular formula is C24H33N3O2. The number of rotatable bonds is 5. The maximum atomic E-state index is 12.0. The van der Waals surface area contributed by atoms with Gasteiger partial charge in [-0.15, -0.1) is 0 Å². The number of aromatic nitrogens is 1. The lowest BCUT2D eigenvalue weighted by Gasteiger charge is -2.30. The minimum Gasteiger partial charge on any atom is -0.444 e. The fourth-order valence-electron chi connectivity index (χ4n) is 3.76. The molecule has 0 saturated heterocycles. The number of pyridine rings is 1. The molecule has 2 aromatic rings. The number of alkyl carbamates (subject to hydrolysis) is 1. The molecule has 0 radical (unpaired) electrons. The first-order valence-corrected chi connectivity index (χ1v) is 10.5. The van der Waals surface area contributed by atoms with E-state index in [1.165, 1.54) is 22.3 Å². The standard InChI is InChI=1S/C24H33N3O2/c1-17-5-6-19(18-11-13-25-14-12-18)15-20(17)16-26-21-7-9-22(10-8-21)27-23(28)29-24(2,3)4/h5-6,11-15,21-22,26H,7-10,16H2,1-4H3,(H,27,28)/t21-,22-. The summed E-state index contributed by atoms with van der Waals surface area (Å²) in [4.78, 5) is 16.1. The summed E-state index contributed by atoms with van der Waals surface area (Å²) in [6.07, 6.45) is 7.43. The van der Waals surface area contributed by atoms with Crippen LogP contribution >= 0.6 is 0 Å². The van der Waals surface area contributed by atoms with E-state index in [0.29, 0.717) is 6.04 Å². The normalized spacial score (nSPS) is 19.6. The molecule has 2 N–H and O–H groups in total. The third-order valence-electron chi connectivity index (χ3n) is 5.39. The first kappa shape index (κ1) is 21.3. The van der Waals surface area contributed by atoms with Crippen molar-refractivity contribution in [2.24, 2.45) is 0 Å². The lowest BCUT2D eigenvalue weighted by atomic mass is 9.91. The van der Waals surface area contributed by atoms with Crippen LogP contribution in [0.5, 0.6) is 0 Å². The van der Waals surface area contributed by atoms with E-state index in [2.05, 4.69) is 40.7 Å². The first-order chi connectivity index (χ1) is 13.8. The Morgan fingerprint density at radius 1 is 1.03 bits per heavy atom. The number of nitrogens with zero attached hydrogens (tertiary/aromatic N) is 1. The summed E-state index contributed by atoms with van der Waals surface area (Å²) < 4.78 is 5.36. The van der Waals surface area contributed by atoms with Crippen molar-refractivity contribution in [3.05, 3.63) is 53.9 Å². The Labute approximate surface area is 174 Å². The molecule has 0 atom stereocenters. The number of ether oxygens (including phenoxy) is 1. The molecule has 1 aliphatic rings. The summed E-state index contributed by atoms with van der Waals surface area (Å²) in [5.41, 5.74) is 4.59. The summed E-state index contributed by atoms with van der Waals surface area (Å²) in [7, 11) is 0. The molecule has 0 bridgehead atoms. The predicted octanol–water partition coefficient (Wildman–Crippen LogP) is 4.98. The second kappa shape index (κ2) is 9.40. The van der Waals surface area contributed by atoms with Crippen molar-refractivity contribution in [1.29, 1.82) is 0 Å². The highest BCUT2D eigenvalue weighted by Gasteiger charge is 2.24. The zero-order valence-electron chi connectivity index (χ0n) is 18.0.